The van der Waals surface area contributed by atoms with Crippen LogP contribution in [0, 0.1) is 16.0 Å². The minimum atomic E-state index is -3.66. The van der Waals surface area contributed by atoms with Gasteiger partial charge in [0.2, 0.25) is 10.0 Å². The number of nitro benzene ring substituents is 1. The van der Waals surface area contributed by atoms with Crippen LogP contribution in [0.4, 0.5) is 5.69 Å². The first-order valence-corrected chi connectivity index (χ1v) is 7.84. The first-order chi connectivity index (χ1) is 9.45. The maximum atomic E-state index is 12.4. The van der Waals surface area contributed by atoms with Gasteiger partial charge >= 0.3 is 0 Å². The summed E-state index contributed by atoms with van der Waals surface area (Å²) in [6.45, 7) is 1.38. The van der Waals surface area contributed by atoms with E-state index in [9.17, 15) is 18.5 Å². The van der Waals surface area contributed by atoms with Gasteiger partial charge in [-0.15, -0.1) is 0 Å². The summed E-state index contributed by atoms with van der Waals surface area (Å²) in [5, 5.41) is 10.7. The maximum Gasteiger partial charge on any atom is 0.270 e. The Morgan fingerprint density at radius 2 is 2.00 bits per heavy atom. The summed E-state index contributed by atoms with van der Waals surface area (Å²) in [5.41, 5.74) is 5.36. The zero-order valence-electron chi connectivity index (χ0n) is 10.9. The average Bonchev–Trinajstić information content (AvgIpc) is 2.47. The molecular formula is C12H17N3O4S. The second-order valence-electron chi connectivity index (χ2n) is 4.84. The molecule has 0 atom stereocenters. The van der Waals surface area contributed by atoms with Crippen LogP contribution in [0.25, 0.3) is 0 Å². The molecule has 0 unspecified atom stereocenters. The molecule has 110 valence electrons. The molecule has 20 heavy (non-hydrogen) atoms. The first kappa shape index (κ1) is 14.9. The number of non-ortho nitro benzene ring substituents is 1. The molecule has 0 aromatic heterocycles. The predicted molar refractivity (Wildman–Crippen MR) is 73.6 cm³/mol. The van der Waals surface area contributed by atoms with Crippen molar-refractivity contribution in [2.45, 2.75) is 17.7 Å². The minimum Gasteiger partial charge on any atom is -0.330 e. The highest BCUT2D eigenvalue weighted by Crippen LogP contribution is 2.25. The van der Waals surface area contributed by atoms with Crippen molar-refractivity contribution in [3.05, 3.63) is 34.4 Å². The van der Waals surface area contributed by atoms with Crippen molar-refractivity contribution < 1.29 is 13.3 Å². The molecule has 8 heteroatoms. The Kier molecular flexibility index (Phi) is 4.36. The van der Waals surface area contributed by atoms with Crippen molar-refractivity contribution in [3.63, 3.8) is 0 Å². The predicted octanol–water partition coefficient (Wildman–Crippen LogP) is 0.954. The highest BCUT2D eigenvalue weighted by Gasteiger charge is 2.29. The third-order valence-electron chi connectivity index (χ3n) is 3.57. The van der Waals surface area contributed by atoms with Crippen molar-refractivity contribution in [2.75, 3.05) is 19.6 Å². The van der Waals surface area contributed by atoms with E-state index < -0.39 is 14.9 Å². The van der Waals surface area contributed by atoms with E-state index >= 15 is 0 Å². The molecule has 1 aromatic carbocycles. The van der Waals surface area contributed by atoms with Gasteiger partial charge in [-0.25, -0.2) is 8.42 Å². The van der Waals surface area contributed by atoms with Gasteiger partial charge in [-0.05, 0) is 31.4 Å². The molecular weight excluding hydrogens is 282 g/mol. The summed E-state index contributed by atoms with van der Waals surface area (Å²) in [7, 11) is -3.66. The number of hydrogen-bond acceptors (Lipinski definition) is 5. The molecule has 1 aliphatic heterocycles. The molecule has 1 aliphatic rings. The van der Waals surface area contributed by atoms with Crippen molar-refractivity contribution >= 4 is 15.7 Å². The zero-order chi connectivity index (χ0) is 14.8. The van der Waals surface area contributed by atoms with E-state index in [4.69, 9.17) is 5.73 Å². The van der Waals surface area contributed by atoms with Gasteiger partial charge in [0, 0.05) is 25.2 Å². The van der Waals surface area contributed by atoms with Crippen molar-refractivity contribution in [1.29, 1.82) is 0 Å². The Morgan fingerprint density at radius 3 is 2.55 bits per heavy atom. The Morgan fingerprint density at radius 1 is 1.35 bits per heavy atom. The summed E-state index contributed by atoms with van der Waals surface area (Å²) in [6, 6.07) is 5.15. The van der Waals surface area contributed by atoms with Gasteiger partial charge in [-0.1, -0.05) is 6.07 Å². The van der Waals surface area contributed by atoms with Crippen LogP contribution < -0.4 is 5.73 Å². The molecule has 1 aromatic rings. The van der Waals surface area contributed by atoms with Crippen LogP contribution in [0.2, 0.25) is 0 Å². The molecule has 0 bridgehead atoms. The fourth-order valence-corrected chi connectivity index (χ4v) is 3.80. The zero-order valence-corrected chi connectivity index (χ0v) is 11.8. The number of hydrogen-bond donors (Lipinski definition) is 1. The highest BCUT2D eigenvalue weighted by molar-refractivity contribution is 7.89. The van der Waals surface area contributed by atoms with Crippen LogP contribution >= 0.6 is 0 Å². The van der Waals surface area contributed by atoms with E-state index in [-0.39, 0.29) is 10.6 Å². The fraction of sp³-hybridized carbons (Fsp3) is 0.500. The lowest BCUT2D eigenvalue weighted by molar-refractivity contribution is -0.385. The maximum absolute atomic E-state index is 12.4. The minimum absolute atomic E-state index is 0.0297. The van der Waals surface area contributed by atoms with Gasteiger partial charge < -0.3 is 5.73 Å². The Labute approximate surface area is 117 Å². The summed E-state index contributed by atoms with van der Waals surface area (Å²) in [4.78, 5) is 10.1. The number of nitro groups is 1. The van der Waals surface area contributed by atoms with Gasteiger partial charge in [0.15, 0.2) is 0 Å². The van der Waals surface area contributed by atoms with Gasteiger partial charge in [0.1, 0.15) is 0 Å². The third kappa shape index (κ3) is 2.97. The van der Waals surface area contributed by atoms with Crippen LogP contribution in [-0.2, 0) is 10.0 Å². The molecule has 0 radical (unpaired) electrons. The van der Waals surface area contributed by atoms with Gasteiger partial charge in [-0.2, -0.15) is 4.31 Å². The lowest BCUT2D eigenvalue weighted by Crippen LogP contribution is -2.40. The van der Waals surface area contributed by atoms with E-state index in [0.29, 0.717) is 25.6 Å². The lowest BCUT2D eigenvalue weighted by atomic mass is 9.99. The molecule has 1 saturated heterocycles. The summed E-state index contributed by atoms with van der Waals surface area (Å²) in [5.74, 6) is 0.353. The van der Waals surface area contributed by atoms with Gasteiger partial charge in [0.05, 0.1) is 9.82 Å². The number of sulfonamides is 1. The Balaban J connectivity index is 2.23. The van der Waals surface area contributed by atoms with Crippen LogP contribution in [0.15, 0.2) is 29.2 Å². The van der Waals surface area contributed by atoms with E-state index in [0.717, 1.165) is 18.9 Å². The smallest absolute Gasteiger partial charge is 0.270 e. The van der Waals surface area contributed by atoms with Gasteiger partial charge in [0.25, 0.3) is 5.69 Å². The van der Waals surface area contributed by atoms with E-state index in [1.54, 1.807) is 0 Å². The van der Waals surface area contributed by atoms with Crippen LogP contribution in [0.3, 0.4) is 0 Å². The molecule has 7 nitrogen and oxygen atoms in total. The SMILES string of the molecule is NCC1CCN(S(=O)(=O)c2cccc([N+](=O)[O-])c2)CC1. The van der Waals surface area contributed by atoms with Gasteiger partial charge in [-0.3, -0.25) is 10.1 Å². The van der Waals surface area contributed by atoms with E-state index in [1.807, 2.05) is 0 Å². The summed E-state index contributed by atoms with van der Waals surface area (Å²) >= 11 is 0. The average molecular weight is 299 g/mol. The number of nitrogens with two attached hydrogens (primary N) is 1. The van der Waals surface area contributed by atoms with Crippen LogP contribution in [-0.4, -0.2) is 37.3 Å². The quantitative estimate of drug-likeness (QED) is 0.658. The molecule has 0 amide bonds. The molecule has 0 aliphatic carbocycles. The number of piperidine rings is 1. The first-order valence-electron chi connectivity index (χ1n) is 6.40. The number of nitrogens with zero attached hydrogens (tertiary/aromatic N) is 2. The third-order valence-corrected chi connectivity index (χ3v) is 5.47. The second-order valence-corrected chi connectivity index (χ2v) is 6.78. The number of rotatable bonds is 4. The standard InChI is InChI=1S/C12H17N3O4S/c13-9-10-4-6-14(7-5-10)20(18,19)12-3-1-2-11(8-12)15(16)17/h1-3,8,10H,4-7,9,13H2. The van der Waals surface area contributed by atoms with E-state index in [1.165, 1.54) is 22.5 Å². The Bertz CT molecular complexity index is 594. The molecule has 0 spiro atoms. The molecule has 0 saturated carbocycles. The monoisotopic (exact) mass is 299 g/mol. The van der Waals surface area contributed by atoms with Crippen molar-refractivity contribution in [2.24, 2.45) is 11.7 Å². The topological polar surface area (TPSA) is 107 Å². The summed E-state index contributed by atoms with van der Waals surface area (Å²) in [6.07, 6.45) is 1.45. The van der Waals surface area contributed by atoms with E-state index in [2.05, 4.69) is 0 Å². The fourth-order valence-electron chi connectivity index (χ4n) is 2.29. The van der Waals surface area contributed by atoms with Crippen LogP contribution in [0.1, 0.15) is 12.8 Å². The second kappa shape index (κ2) is 5.86. The molecule has 2 N–H and O–H groups in total. The lowest BCUT2D eigenvalue weighted by Gasteiger charge is -2.30. The highest BCUT2D eigenvalue weighted by atomic mass is 32.2. The molecule has 1 fully saturated rings. The van der Waals surface area contributed by atoms with Crippen molar-refractivity contribution in [1.82, 2.24) is 4.31 Å². The largest absolute Gasteiger partial charge is 0.330 e. The molecule has 2 rings (SSSR count). The summed E-state index contributed by atoms with van der Waals surface area (Å²) < 4.78 is 26.2. The number of benzene rings is 1. The normalized spacial score (nSPS) is 18.1. The Hall–Kier alpha value is -1.51. The molecule has 1 heterocycles. The van der Waals surface area contributed by atoms with Crippen molar-refractivity contribution in [3.8, 4) is 0 Å². The van der Waals surface area contributed by atoms with Crippen LogP contribution in [0.5, 0.6) is 0 Å².